The van der Waals surface area contributed by atoms with Gasteiger partial charge in [0.25, 0.3) is 5.91 Å². The van der Waals surface area contributed by atoms with E-state index in [-0.39, 0.29) is 5.91 Å². The third-order valence-corrected chi connectivity index (χ3v) is 2.90. The van der Waals surface area contributed by atoms with Crippen LogP contribution in [0.5, 0.6) is 0 Å². The zero-order valence-corrected chi connectivity index (χ0v) is 10.6. The third kappa shape index (κ3) is 2.46. The van der Waals surface area contributed by atoms with Crippen LogP contribution in [0.2, 0.25) is 5.02 Å². The monoisotopic (exact) mass is 264 g/mol. The molecule has 0 atom stereocenters. The number of nitrogens with one attached hydrogen (secondary N) is 1. The highest BCUT2D eigenvalue weighted by Crippen LogP contribution is 2.23. The predicted molar refractivity (Wildman–Crippen MR) is 70.2 cm³/mol. The highest BCUT2D eigenvalue weighted by Gasteiger charge is 2.18. The summed E-state index contributed by atoms with van der Waals surface area (Å²) in [7, 11) is 1.69. The molecule has 1 heterocycles. The van der Waals surface area contributed by atoms with Crippen LogP contribution in [0.3, 0.4) is 0 Å². The molecule has 0 saturated heterocycles. The Morgan fingerprint density at radius 1 is 1.56 bits per heavy atom. The Hall–Kier alpha value is -2.01. The number of benzene rings is 1. The summed E-state index contributed by atoms with van der Waals surface area (Å²) in [4.78, 5) is 13.8. The van der Waals surface area contributed by atoms with Crippen molar-refractivity contribution < 1.29 is 4.79 Å². The van der Waals surface area contributed by atoms with Crippen LogP contribution in [-0.2, 0) is 6.54 Å². The maximum atomic E-state index is 12.2. The number of aromatic amines is 1. The topological polar surface area (TPSA) is 75.0 Å². The molecule has 1 aromatic carbocycles. The lowest BCUT2D eigenvalue weighted by Crippen LogP contribution is -2.27. The fraction of sp³-hybridized carbons (Fsp3) is 0.167. The molecule has 5 nitrogen and oxygen atoms in total. The Balaban J connectivity index is 2.21. The predicted octanol–water partition coefficient (Wildman–Crippen LogP) is 1.92. The van der Waals surface area contributed by atoms with E-state index in [0.717, 1.165) is 5.56 Å². The normalized spacial score (nSPS) is 10.3. The van der Waals surface area contributed by atoms with Gasteiger partial charge >= 0.3 is 0 Å². The zero-order chi connectivity index (χ0) is 13.1. The molecule has 0 saturated carbocycles. The number of carbonyl (C=O) groups excluding carboxylic acids is 1. The Bertz CT molecular complexity index is 533. The molecule has 0 unspecified atom stereocenters. The molecule has 0 bridgehead atoms. The highest BCUT2D eigenvalue weighted by atomic mass is 35.5. The standard InChI is InChI=1S/C12H13ClN4O/c1-17(7-8-5-15-16-6-8)12(18)11-9(13)3-2-4-10(11)14/h2-6H,7,14H2,1H3,(H,15,16). The second-order valence-corrected chi connectivity index (χ2v) is 4.38. The molecule has 2 rings (SSSR count). The SMILES string of the molecule is CN(Cc1cn[nH]c1)C(=O)c1c(N)cccc1Cl. The van der Waals surface area contributed by atoms with Crippen molar-refractivity contribution in [2.45, 2.75) is 6.54 Å². The summed E-state index contributed by atoms with van der Waals surface area (Å²) in [6, 6.07) is 5.02. The lowest BCUT2D eigenvalue weighted by Gasteiger charge is -2.18. The molecule has 1 amide bonds. The maximum absolute atomic E-state index is 12.2. The molecular formula is C12H13ClN4O. The Morgan fingerprint density at radius 3 is 2.94 bits per heavy atom. The molecule has 3 N–H and O–H groups in total. The third-order valence-electron chi connectivity index (χ3n) is 2.58. The number of rotatable bonds is 3. The molecule has 2 aromatic rings. The average molecular weight is 265 g/mol. The number of amides is 1. The van der Waals surface area contributed by atoms with Crippen molar-refractivity contribution >= 4 is 23.2 Å². The number of halogens is 1. The van der Waals surface area contributed by atoms with Crippen LogP contribution in [-0.4, -0.2) is 28.1 Å². The first-order valence-electron chi connectivity index (χ1n) is 5.36. The summed E-state index contributed by atoms with van der Waals surface area (Å²) in [6.45, 7) is 0.444. The molecule has 0 aliphatic carbocycles. The number of nitrogen functional groups attached to an aromatic ring is 1. The minimum Gasteiger partial charge on any atom is -0.398 e. The van der Waals surface area contributed by atoms with E-state index in [9.17, 15) is 4.79 Å². The molecule has 18 heavy (non-hydrogen) atoms. The van der Waals surface area contributed by atoms with E-state index >= 15 is 0 Å². The van der Waals surface area contributed by atoms with Crippen LogP contribution < -0.4 is 5.73 Å². The van der Waals surface area contributed by atoms with Crippen LogP contribution in [0.25, 0.3) is 0 Å². The number of aromatic nitrogens is 2. The molecule has 0 radical (unpaired) electrons. The summed E-state index contributed by atoms with van der Waals surface area (Å²) < 4.78 is 0. The van der Waals surface area contributed by atoms with E-state index < -0.39 is 0 Å². The zero-order valence-electron chi connectivity index (χ0n) is 9.85. The van der Waals surface area contributed by atoms with Gasteiger partial charge in [0.05, 0.1) is 16.8 Å². The number of carbonyl (C=O) groups is 1. The van der Waals surface area contributed by atoms with Gasteiger partial charge in [-0.25, -0.2) is 0 Å². The first-order valence-corrected chi connectivity index (χ1v) is 5.74. The van der Waals surface area contributed by atoms with Gasteiger partial charge in [0.15, 0.2) is 0 Å². The summed E-state index contributed by atoms with van der Waals surface area (Å²) in [5.41, 5.74) is 7.42. The van der Waals surface area contributed by atoms with Gasteiger partial charge in [-0.15, -0.1) is 0 Å². The first-order chi connectivity index (χ1) is 8.59. The van der Waals surface area contributed by atoms with E-state index in [4.69, 9.17) is 17.3 Å². The molecule has 0 aliphatic heterocycles. The minimum atomic E-state index is -0.209. The number of nitrogens with zero attached hydrogens (tertiary/aromatic N) is 2. The second kappa shape index (κ2) is 5.10. The van der Waals surface area contributed by atoms with Crippen LogP contribution >= 0.6 is 11.6 Å². The quantitative estimate of drug-likeness (QED) is 0.832. The number of H-pyrrole nitrogens is 1. The summed E-state index contributed by atoms with van der Waals surface area (Å²) in [5.74, 6) is -0.209. The second-order valence-electron chi connectivity index (χ2n) is 3.97. The maximum Gasteiger partial charge on any atom is 0.257 e. The molecule has 94 valence electrons. The largest absolute Gasteiger partial charge is 0.398 e. The van der Waals surface area contributed by atoms with Crippen molar-refractivity contribution in [3.63, 3.8) is 0 Å². The molecule has 0 spiro atoms. The Labute approximate surface area is 110 Å². The number of hydrogen-bond donors (Lipinski definition) is 2. The molecule has 0 fully saturated rings. The lowest BCUT2D eigenvalue weighted by atomic mass is 10.1. The smallest absolute Gasteiger partial charge is 0.257 e. The van der Waals surface area contributed by atoms with Crippen molar-refractivity contribution in [3.8, 4) is 0 Å². The van der Waals surface area contributed by atoms with E-state index in [0.29, 0.717) is 22.8 Å². The fourth-order valence-electron chi connectivity index (χ4n) is 1.67. The van der Waals surface area contributed by atoms with Gasteiger partial charge in [0, 0.05) is 31.0 Å². The number of nitrogens with two attached hydrogens (primary N) is 1. The van der Waals surface area contributed by atoms with Gasteiger partial charge < -0.3 is 10.6 Å². The van der Waals surface area contributed by atoms with E-state index in [1.54, 1.807) is 42.5 Å². The van der Waals surface area contributed by atoms with Gasteiger partial charge in [-0.2, -0.15) is 5.10 Å². The van der Waals surface area contributed by atoms with Crippen molar-refractivity contribution in [3.05, 3.63) is 46.7 Å². The minimum absolute atomic E-state index is 0.209. The van der Waals surface area contributed by atoms with Gasteiger partial charge in [-0.05, 0) is 12.1 Å². The van der Waals surface area contributed by atoms with E-state index in [1.165, 1.54) is 0 Å². The van der Waals surface area contributed by atoms with Crippen LogP contribution in [0.1, 0.15) is 15.9 Å². The summed E-state index contributed by atoms with van der Waals surface area (Å²) in [5, 5.41) is 6.89. The van der Waals surface area contributed by atoms with Crippen molar-refractivity contribution in [2.24, 2.45) is 0 Å². The van der Waals surface area contributed by atoms with Crippen molar-refractivity contribution in [1.29, 1.82) is 0 Å². The van der Waals surface area contributed by atoms with Crippen LogP contribution in [0.15, 0.2) is 30.6 Å². The highest BCUT2D eigenvalue weighted by molar-refractivity contribution is 6.34. The van der Waals surface area contributed by atoms with E-state index in [1.807, 2.05) is 0 Å². The van der Waals surface area contributed by atoms with Crippen LogP contribution in [0, 0.1) is 0 Å². The van der Waals surface area contributed by atoms with Crippen LogP contribution in [0.4, 0.5) is 5.69 Å². The molecular weight excluding hydrogens is 252 g/mol. The Morgan fingerprint density at radius 2 is 2.33 bits per heavy atom. The van der Waals surface area contributed by atoms with Crippen molar-refractivity contribution in [2.75, 3.05) is 12.8 Å². The van der Waals surface area contributed by atoms with Gasteiger partial charge in [-0.1, -0.05) is 17.7 Å². The number of hydrogen-bond acceptors (Lipinski definition) is 3. The first kappa shape index (κ1) is 12.4. The van der Waals surface area contributed by atoms with Gasteiger partial charge in [0.2, 0.25) is 0 Å². The Kier molecular flexibility index (Phi) is 3.53. The van der Waals surface area contributed by atoms with E-state index in [2.05, 4.69) is 10.2 Å². The van der Waals surface area contributed by atoms with Gasteiger partial charge in [0.1, 0.15) is 0 Å². The fourth-order valence-corrected chi connectivity index (χ4v) is 1.93. The molecule has 6 heteroatoms. The van der Waals surface area contributed by atoms with Gasteiger partial charge in [-0.3, -0.25) is 9.89 Å². The van der Waals surface area contributed by atoms with Crippen molar-refractivity contribution in [1.82, 2.24) is 15.1 Å². The average Bonchev–Trinajstić information content (AvgIpc) is 2.81. The number of anilines is 1. The molecule has 1 aromatic heterocycles. The lowest BCUT2D eigenvalue weighted by molar-refractivity contribution is 0.0786. The summed E-state index contributed by atoms with van der Waals surface area (Å²) in [6.07, 6.45) is 3.40. The summed E-state index contributed by atoms with van der Waals surface area (Å²) >= 11 is 6.00. The molecule has 0 aliphatic rings.